The third kappa shape index (κ3) is 3.81. The highest BCUT2D eigenvalue weighted by Crippen LogP contribution is 2.29. The highest BCUT2D eigenvalue weighted by molar-refractivity contribution is 7.91. The lowest BCUT2D eigenvalue weighted by Gasteiger charge is -2.17. The third-order valence-corrected chi connectivity index (χ3v) is 6.92. The van der Waals surface area contributed by atoms with E-state index in [0.717, 1.165) is 17.0 Å². The molecule has 1 N–H and O–H groups in total. The van der Waals surface area contributed by atoms with E-state index in [1.807, 2.05) is 20.8 Å². The molecular formula is C14H24N2O2S2. The average molecular weight is 316 g/mol. The summed E-state index contributed by atoms with van der Waals surface area (Å²) in [6, 6.07) is 2.45. The summed E-state index contributed by atoms with van der Waals surface area (Å²) in [5, 5.41) is 3.44. The number of aryl methyl sites for hydroxylation is 1. The number of hydrogen-bond donors (Lipinski definition) is 1. The first-order valence-electron chi connectivity index (χ1n) is 7.09. The van der Waals surface area contributed by atoms with Crippen molar-refractivity contribution in [3.05, 3.63) is 16.5 Å². The van der Waals surface area contributed by atoms with Crippen LogP contribution in [0.4, 0.5) is 0 Å². The molecule has 20 heavy (non-hydrogen) atoms. The summed E-state index contributed by atoms with van der Waals surface area (Å²) in [6.45, 7) is 7.37. The Labute approximate surface area is 126 Å². The predicted octanol–water partition coefficient (Wildman–Crippen LogP) is 2.59. The zero-order valence-electron chi connectivity index (χ0n) is 12.6. The van der Waals surface area contributed by atoms with Gasteiger partial charge < -0.3 is 5.32 Å². The Kier molecular flexibility index (Phi) is 4.89. The molecule has 0 unspecified atom stereocenters. The summed E-state index contributed by atoms with van der Waals surface area (Å²) in [5.74, 6) is 0.326. The van der Waals surface area contributed by atoms with Gasteiger partial charge in [-0.05, 0) is 37.3 Å². The van der Waals surface area contributed by atoms with Crippen molar-refractivity contribution in [1.29, 1.82) is 0 Å². The molecule has 0 bridgehead atoms. The molecule has 0 spiro atoms. The summed E-state index contributed by atoms with van der Waals surface area (Å²) in [4.78, 5) is 1.13. The number of rotatable bonds is 7. The summed E-state index contributed by atoms with van der Waals surface area (Å²) in [6.07, 6.45) is 2.49. The molecule has 114 valence electrons. The van der Waals surface area contributed by atoms with E-state index in [4.69, 9.17) is 0 Å². The first-order valence-corrected chi connectivity index (χ1v) is 9.35. The normalized spacial score (nSPS) is 16.3. The Hall–Kier alpha value is -0.430. The molecule has 0 saturated heterocycles. The van der Waals surface area contributed by atoms with Gasteiger partial charge in [0.2, 0.25) is 0 Å². The van der Waals surface area contributed by atoms with Gasteiger partial charge in [-0.3, -0.25) is 0 Å². The smallest absolute Gasteiger partial charge is 0.252 e. The Morgan fingerprint density at radius 3 is 2.65 bits per heavy atom. The molecule has 0 atom stereocenters. The van der Waals surface area contributed by atoms with Crippen molar-refractivity contribution >= 4 is 21.4 Å². The zero-order chi connectivity index (χ0) is 14.9. The topological polar surface area (TPSA) is 49.4 Å². The van der Waals surface area contributed by atoms with Gasteiger partial charge in [0, 0.05) is 31.1 Å². The van der Waals surface area contributed by atoms with Crippen molar-refractivity contribution in [2.45, 2.75) is 50.4 Å². The maximum Gasteiger partial charge on any atom is 0.252 e. The Morgan fingerprint density at radius 1 is 1.45 bits per heavy atom. The van der Waals surface area contributed by atoms with Gasteiger partial charge in [0.05, 0.1) is 0 Å². The number of thiophene rings is 1. The van der Waals surface area contributed by atoms with Gasteiger partial charge >= 0.3 is 0 Å². The molecule has 0 aliphatic heterocycles. The predicted molar refractivity (Wildman–Crippen MR) is 83.6 cm³/mol. The van der Waals surface area contributed by atoms with E-state index in [2.05, 4.69) is 5.32 Å². The molecular weight excluding hydrogens is 292 g/mol. The lowest BCUT2D eigenvalue weighted by Crippen LogP contribution is -2.29. The zero-order valence-corrected chi connectivity index (χ0v) is 14.3. The number of nitrogens with one attached hydrogen (secondary N) is 1. The van der Waals surface area contributed by atoms with Crippen LogP contribution in [-0.4, -0.2) is 32.4 Å². The molecule has 1 saturated carbocycles. The number of sulfonamides is 1. The summed E-state index contributed by atoms with van der Waals surface area (Å²) >= 11 is 1.40. The third-order valence-electron chi connectivity index (χ3n) is 3.41. The lowest BCUT2D eigenvalue weighted by molar-refractivity contribution is 0.418. The average Bonchev–Trinajstić information content (AvgIpc) is 3.09. The minimum absolute atomic E-state index is 0.326. The minimum atomic E-state index is -3.33. The molecule has 1 aliphatic rings. The van der Waals surface area contributed by atoms with Gasteiger partial charge in [-0.1, -0.05) is 13.8 Å². The molecule has 4 nitrogen and oxygen atoms in total. The molecule has 6 heteroatoms. The fourth-order valence-corrected chi connectivity index (χ4v) is 5.17. The molecule has 0 radical (unpaired) electrons. The second-order valence-electron chi connectivity index (χ2n) is 6.01. The molecule has 1 aromatic heterocycles. The molecule has 0 aromatic carbocycles. The molecule has 1 aliphatic carbocycles. The summed E-state index contributed by atoms with van der Waals surface area (Å²) < 4.78 is 26.9. The standard InChI is InChI=1S/C14H24N2O2S2/c1-10(2)9-16(4)20(17,18)14-7-11(3)13(19-14)8-15-12-5-6-12/h7,10,12,15H,5-6,8-9H2,1-4H3. The molecule has 1 heterocycles. The second kappa shape index (κ2) is 6.13. The molecule has 1 fully saturated rings. The highest BCUT2D eigenvalue weighted by atomic mass is 32.2. The van der Waals surface area contributed by atoms with E-state index < -0.39 is 10.0 Å². The van der Waals surface area contributed by atoms with Gasteiger partial charge in [-0.15, -0.1) is 11.3 Å². The van der Waals surface area contributed by atoms with Crippen LogP contribution in [0.2, 0.25) is 0 Å². The first-order chi connectivity index (χ1) is 9.30. The van der Waals surface area contributed by atoms with Crippen LogP contribution in [0.1, 0.15) is 37.1 Å². The van der Waals surface area contributed by atoms with Crippen molar-refractivity contribution in [1.82, 2.24) is 9.62 Å². The Balaban J connectivity index is 2.12. The van der Waals surface area contributed by atoms with Crippen LogP contribution in [0.3, 0.4) is 0 Å². The van der Waals surface area contributed by atoms with E-state index in [0.29, 0.717) is 22.7 Å². The van der Waals surface area contributed by atoms with Gasteiger partial charge in [0.15, 0.2) is 0 Å². The Morgan fingerprint density at radius 2 is 2.10 bits per heavy atom. The second-order valence-corrected chi connectivity index (χ2v) is 9.41. The van der Waals surface area contributed by atoms with Gasteiger partial charge in [0.25, 0.3) is 10.0 Å². The van der Waals surface area contributed by atoms with Gasteiger partial charge in [-0.25, -0.2) is 8.42 Å². The van der Waals surface area contributed by atoms with E-state index in [1.54, 1.807) is 13.1 Å². The van der Waals surface area contributed by atoms with Crippen molar-refractivity contribution in [2.75, 3.05) is 13.6 Å². The van der Waals surface area contributed by atoms with Crippen molar-refractivity contribution < 1.29 is 8.42 Å². The maximum absolute atomic E-state index is 12.5. The molecule has 2 rings (SSSR count). The van der Waals surface area contributed by atoms with Crippen LogP contribution < -0.4 is 5.32 Å². The lowest BCUT2D eigenvalue weighted by atomic mass is 10.2. The maximum atomic E-state index is 12.5. The van der Waals surface area contributed by atoms with E-state index >= 15 is 0 Å². The highest BCUT2D eigenvalue weighted by Gasteiger charge is 2.25. The summed E-state index contributed by atoms with van der Waals surface area (Å²) in [7, 11) is -1.68. The van der Waals surface area contributed by atoms with E-state index in [1.165, 1.54) is 28.5 Å². The Bertz CT molecular complexity index is 560. The first kappa shape index (κ1) is 15.9. The number of nitrogens with zero attached hydrogens (tertiary/aromatic N) is 1. The fourth-order valence-electron chi connectivity index (χ4n) is 2.08. The van der Waals surface area contributed by atoms with Gasteiger partial charge in [0.1, 0.15) is 4.21 Å². The SMILES string of the molecule is Cc1cc(S(=O)(=O)N(C)CC(C)C)sc1CNC1CC1. The van der Waals surface area contributed by atoms with E-state index in [-0.39, 0.29) is 0 Å². The van der Waals surface area contributed by atoms with Crippen LogP contribution in [0.15, 0.2) is 10.3 Å². The molecule has 0 amide bonds. The van der Waals surface area contributed by atoms with Crippen LogP contribution in [0.25, 0.3) is 0 Å². The monoisotopic (exact) mass is 316 g/mol. The van der Waals surface area contributed by atoms with Crippen molar-refractivity contribution in [3.63, 3.8) is 0 Å². The minimum Gasteiger partial charge on any atom is -0.309 e. The largest absolute Gasteiger partial charge is 0.309 e. The van der Waals surface area contributed by atoms with Crippen LogP contribution in [0, 0.1) is 12.8 Å². The van der Waals surface area contributed by atoms with Gasteiger partial charge in [-0.2, -0.15) is 4.31 Å². The summed E-state index contributed by atoms with van der Waals surface area (Å²) in [5.41, 5.74) is 1.07. The molecule has 1 aromatic rings. The van der Waals surface area contributed by atoms with E-state index in [9.17, 15) is 8.42 Å². The van der Waals surface area contributed by atoms with Crippen LogP contribution in [-0.2, 0) is 16.6 Å². The van der Waals surface area contributed by atoms with Crippen LogP contribution >= 0.6 is 11.3 Å². The quantitative estimate of drug-likeness (QED) is 0.841. The number of hydrogen-bond acceptors (Lipinski definition) is 4. The van der Waals surface area contributed by atoms with Crippen LogP contribution in [0.5, 0.6) is 0 Å². The fraction of sp³-hybridized carbons (Fsp3) is 0.714. The van der Waals surface area contributed by atoms with Crippen molar-refractivity contribution in [2.24, 2.45) is 5.92 Å². The van der Waals surface area contributed by atoms with Crippen molar-refractivity contribution in [3.8, 4) is 0 Å².